The number of carbonyl (C=O) groups excluding carboxylic acids is 1. The predicted octanol–water partition coefficient (Wildman–Crippen LogP) is 2.53. The lowest BCUT2D eigenvalue weighted by atomic mass is 9.99. The largest absolute Gasteiger partial charge is 0.488 e. The van der Waals surface area contributed by atoms with Crippen molar-refractivity contribution in [3.05, 3.63) is 28.7 Å². The van der Waals surface area contributed by atoms with Gasteiger partial charge in [0.2, 0.25) is 0 Å². The fourth-order valence-corrected chi connectivity index (χ4v) is 3.34. The Bertz CT molecular complexity index is 623. The topological polar surface area (TPSA) is 63.2 Å². The molecular weight excluding hydrogens is 386 g/mol. The summed E-state index contributed by atoms with van der Waals surface area (Å²) in [5.74, 6) is 1.56. The Morgan fingerprint density at radius 2 is 2.16 bits per heavy atom. The minimum Gasteiger partial charge on any atom is -0.488 e. The Kier molecular flexibility index (Phi) is 7.11. The molecule has 25 heavy (non-hydrogen) atoms. The molecule has 6 nitrogen and oxygen atoms in total. The summed E-state index contributed by atoms with van der Waals surface area (Å²) in [6.07, 6.45) is -0.0353. The number of methoxy groups -OCH3 is 1. The fourth-order valence-electron chi connectivity index (χ4n) is 2.96. The van der Waals surface area contributed by atoms with Crippen molar-refractivity contribution in [2.45, 2.75) is 20.0 Å². The van der Waals surface area contributed by atoms with E-state index in [1.807, 2.05) is 31.2 Å². The molecule has 138 valence electrons. The molecule has 3 unspecified atom stereocenters. The van der Waals surface area contributed by atoms with Crippen LogP contribution in [0.15, 0.2) is 33.7 Å². The van der Waals surface area contributed by atoms with Crippen LogP contribution in [-0.4, -0.2) is 56.7 Å². The first-order valence-corrected chi connectivity index (χ1v) is 9.20. The van der Waals surface area contributed by atoms with Crippen LogP contribution < -0.4 is 10.1 Å². The highest BCUT2D eigenvalue weighted by Gasteiger charge is 2.36. The molecule has 2 rings (SSSR count). The molecule has 1 heterocycles. The Balaban J connectivity index is 1.88. The second kappa shape index (κ2) is 9.08. The van der Waals surface area contributed by atoms with Crippen LogP contribution in [0.25, 0.3) is 0 Å². The lowest BCUT2D eigenvalue weighted by Gasteiger charge is -2.23. The maximum Gasteiger partial charge on any atom is 0.310 e. The van der Waals surface area contributed by atoms with E-state index in [-0.39, 0.29) is 23.9 Å². The standard InChI is InChI=1S/C18H26BrN3O3/c1-12-10-22(11-14(12)17(23)24-4)18(20-3)21-9-13(2)25-16-8-6-5-7-15(16)19/h5-8,12-14H,9-11H2,1-4H3,(H,20,21). The van der Waals surface area contributed by atoms with Crippen LogP contribution in [0.3, 0.4) is 0 Å². The van der Waals surface area contributed by atoms with E-state index in [1.54, 1.807) is 7.05 Å². The second-order valence-corrected chi connectivity index (χ2v) is 7.15. The molecule has 3 atom stereocenters. The van der Waals surface area contributed by atoms with Crippen molar-refractivity contribution in [1.82, 2.24) is 10.2 Å². The second-order valence-electron chi connectivity index (χ2n) is 6.30. The maximum atomic E-state index is 11.8. The first kappa shape index (κ1) is 19.6. The van der Waals surface area contributed by atoms with Crippen LogP contribution >= 0.6 is 15.9 Å². The number of para-hydroxylation sites is 1. The smallest absolute Gasteiger partial charge is 0.310 e. The molecule has 1 N–H and O–H groups in total. The number of aliphatic imine (C=N–C) groups is 1. The van der Waals surface area contributed by atoms with Crippen molar-refractivity contribution >= 4 is 27.9 Å². The third kappa shape index (κ3) is 5.11. The predicted molar refractivity (Wildman–Crippen MR) is 102 cm³/mol. The molecule has 0 aliphatic carbocycles. The van der Waals surface area contributed by atoms with Gasteiger partial charge in [0.1, 0.15) is 11.9 Å². The normalized spacial score (nSPS) is 21.8. The van der Waals surface area contributed by atoms with Crippen LogP contribution in [0.4, 0.5) is 0 Å². The van der Waals surface area contributed by atoms with Crippen LogP contribution in [0.1, 0.15) is 13.8 Å². The summed E-state index contributed by atoms with van der Waals surface area (Å²) in [6, 6.07) is 7.78. The van der Waals surface area contributed by atoms with E-state index < -0.39 is 0 Å². The molecule has 1 aliphatic rings. The van der Waals surface area contributed by atoms with Crippen molar-refractivity contribution in [2.24, 2.45) is 16.8 Å². The van der Waals surface area contributed by atoms with Gasteiger partial charge < -0.3 is 19.7 Å². The number of benzene rings is 1. The van der Waals surface area contributed by atoms with Gasteiger partial charge >= 0.3 is 5.97 Å². The molecule has 0 aromatic heterocycles. The number of likely N-dealkylation sites (tertiary alicyclic amines) is 1. The Morgan fingerprint density at radius 1 is 1.44 bits per heavy atom. The van der Waals surface area contributed by atoms with Gasteiger partial charge in [-0.1, -0.05) is 19.1 Å². The van der Waals surface area contributed by atoms with Gasteiger partial charge in [-0.2, -0.15) is 0 Å². The molecular formula is C18H26BrN3O3. The summed E-state index contributed by atoms with van der Waals surface area (Å²) in [4.78, 5) is 18.3. The highest BCUT2D eigenvalue weighted by molar-refractivity contribution is 9.10. The van der Waals surface area contributed by atoms with E-state index in [9.17, 15) is 4.79 Å². The van der Waals surface area contributed by atoms with Crippen molar-refractivity contribution in [2.75, 3.05) is 33.8 Å². The van der Waals surface area contributed by atoms with Gasteiger partial charge in [-0.15, -0.1) is 0 Å². The van der Waals surface area contributed by atoms with E-state index in [4.69, 9.17) is 9.47 Å². The van der Waals surface area contributed by atoms with Gasteiger partial charge in [0, 0.05) is 20.1 Å². The number of carbonyl (C=O) groups is 1. The summed E-state index contributed by atoms with van der Waals surface area (Å²) in [7, 11) is 3.18. The van der Waals surface area contributed by atoms with Crippen molar-refractivity contribution < 1.29 is 14.3 Å². The number of hydrogen-bond donors (Lipinski definition) is 1. The average molecular weight is 412 g/mol. The van der Waals surface area contributed by atoms with Crippen molar-refractivity contribution in [1.29, 1.82) is 0 Å². The molecule has 0 saturated carbocycles. The summed E-state index contributed by atoms with van der Waals surface area (Å²) < 4.78 is 11.8. The first-order chi connectivity index (χ1) is 12.0. The number of guanidine groups is 1. The molecule has 1 aromatic carbocycles. The van der Waals surface area contributed by atoms with E-state index in [1.165, 1.54) is 7.11 Å². The third-order valence-corrected chi connectivity index (χ3v) is 5.00. The average Bonchev–Trinajstić information content (AvgIpc) is 2.98. The van der Waals surface area contributed by atoms with E-state index >= 15 is 0 Å². The zero-order chi connectivity index (χ0) is 18.4. The van der Waals surface area contributed by atoms with Crippen LogP contribution in [-0.2, 0) is 9.53 Å². The number of nitrogens with zero attached hydrogens (tertiary/aromatic N) is 2. The van der Waals surface area contributed by atoms with Gasteiger partial charge in [-0.05, 0) is 40.9 Å². The molecule has 0 bridgehead atoms. The Morgan fingerprint density at radius 3 is 2.80 bits per heavy atom. The molecule has 7 heteroatoms. The minimum atomic E-state index is -0.156. The minimum absolute atomic E-state index is 0.0353. The zero-order valence-corrected chi connectivity index (χ0v) is 16.7. The van der Waals surface area contributed by atoms with Crippen LogP contribution in [0.5, 0.6) is 5.75 Å². The van der Waals surface area contributed by atoms with E-state index in [0.717, 1.165) is 22.7 Å². The third-order valence-electron chi connectivity index (χ3n) is 4.34. The van der Waals surface area contributed by atoms with E-state index in [2.05, 4.69) is 38.1 Å². The molecule has 0 amide bonds. The highest BCUT2D eigenvalue weighted by Crippen LogP contribution is 2.25. The molecule has 1 aromatic rings. The van der Waals surface area contributed by atoms with Crippen molar-refractivity contribution in [3.8, 4) is 5.75 Å². The molecule has 0 spiro atoms. The summed E-state index contributed by atoms with van der Waals surface area (Å²) in [5.41, 5.74) is 0. The number of rotatable bonds is 5. The number of ether oxygens (including phenoxy) is 2. The van der Waals surface area contributed by atoms with Crippen LogP contribution in [0.2, 0.25) is 0 Å². The fraction of sp³-hybridized carbons (Fsp3) is 0.556. The molecule has 1 fully saturated rings. The van der Waals surface area contributed by atoms with Crippen LogP contribution in [0, 0.1) is 11.8 Å². The van der Waals surface area contributed by atoms with Gasteiger partial charge in [0.25, 0.3) is 0 Å². The quantitative estimate of drug-likeness (QED) is 0.458. The SMILES string of the molecule is CN=C(NCC(C)Oc1ccccc1Br)N1CC(C)C(C(=O)OC)C1. The van der Waals surface area contributed by atoms with Crippen molar-refractivity contribution in [3.63, 3.8) is 0 Å². The Hall–Kier alpha value is -1.76. The number of nitrogens with one attached hydrogen (secondary N) is 1. The van der Waals surface area contributed by atoms with Gasteiger partial charge in [-0.3, -0.25) is 9.79 Å². The summed E-state index contributed by atoms with van der Waals surface area (Å²) >= 11 is 3.48. The monoisotopic (exact) mass is 411 g/mol. The lowest BCUT2D eigenvalue weighted by molar-refractivity contribution is -0.145. The van der Waals surface area contributed by atoms with Gasteiger partial charge in [0.05, 0.1) is 24.0 Å². The van der Waals surface area contributed by atoms with Gasteiger partial charge in [0.15, 0.2) is 5.96 Å². The lowest BCUT2D eigenvalue weighted by Crippen LogP contribution is -2.44. The van der Waals surface area contributed by atoms with Gasteiger partial charge in [-0.25, -0.2) is 0 Å². The summed E-state index contributed by atoms with van der Waals surface area (Å²) in [5, 5.41) is 3.33. The summed E-state index contributed by atoms with van der Waals surface area (Å²) in [6.45, 7) is 6.07. The number of esters is 1. The number of halogens is 1. The highest BCUT2D eigenvalue weighted by atomic mass is 79.9. The zero-order valence-electron chi connectivity index (χ0n) is 15.2. The Labute approximate surface area is 157 Å². The molecule has 1 aliphatic heterocycles. The maximum absolute atomic E-state index is 11.8. The van der Waals surface area contributed by atoms with E-state index in [0.29, 0.717) is 13.1 Å². The molecule has 0 radical (unpaired) electrons. The first-order valence-electron chi connectivity index (χ1n) is 8.40. The molecule has 1 saturated heterocycles. The number of hydrogen-bond acceptors (Lipinski definition) is 4.